The van der Waals surface area contributed by atoms with E-state index in [0.29, 0.717) is 6.54 Å². The van der Waals surface area contributed by atoms with Crippen LogP contribution in [0.3, 0.4) is 0 Å². The van der Waals surface area contributed by atoms with E-state index in [1.54, 1.807) is 0 Å². The smallest absolute Gasteiger partial charge is 0.290 e. The average Bonchev–Trinajstić information content (AvgIpc) is 2.46. The van der Waals surface area contributed by atoms with Gasteiger partial charge in [-0.2, -0.15) is 0 Å². The molecule has 1 atom stereocenters. The van der Waals surface area contributed by atoms with Gasteiger partial charge in [-0.05, 0) is 38.1 Å². The van der Waals surface area contributed by atoms with Gasteiger partial charge in [0, 0.05) is 23.7 Å². The molecule has 0 amide bonds. The van der Waals surface area contributed by atoms with Crippen LogP contribution in [0.5, 0.6) is 0 Å². The molecule has 1 N–H and O–H groups in total. The molecule has 0 bridgehead atoms. The molecule has 0 aliphatic carbocycles. The van der Waals surface area contributed by atoms with Gasteiger partial charge in [-0.25, -0.2) is 13.1 Å². The largest absolute Gasteiger partial charge is 0.302 e. The number of rotatable bonds is 5. The highest BCUT2D eigenvalue weighted by molar-refractivity contribution is 7.89. The van der Waals surface area contributed by atoms with Gasteiger partial charge in [0.2, 0.25) is 10.0 Å². The molecule has 7 nitrogen and oxygen atoms in total. The summed E-state index contributed by atoms with van der Waals surface area (Å²) in [5.74, 6) is 0. The van der Waals surface area contributed by atoms with Crippen LogP contribution >= 0.6 is 11.6 Å². The predicted molar refractivity (Wildman–Crippen MR) is 83.6 cm³/mol. The fourth-order valence-corrected chi connectivity index (χ4v) is 4.16. The number of likely N-dealkylation sites (N-methyl/N-ethyl adjacent to an activating group) is 1. The molecule has 1 fully saturated rings. The third-order valence-corrected chi connectivity index (χ3v) is 5.48. The minimum Gasteiger partial charge on any atom is -0.302 e. The van der Waals surface area contributed by atoms with Crippen molar-refractivity contribution in [2.24, 2.45) is 0 Å². The van der Waals surface area contributed by atoms with Crippen molar-refractivity contribution in [2.45, 2.75) is 30.7 Å². The Balaban J connectivity index is 2.25. The second-order valence-electron chi connectivity index (χ2n) is 5.22. The first-order valence-electron chi connectivity index (χ1n) is 7.02. The number of piperidine rings is 1. The van der Waals surface area contributed by atoms with E-state index in [4.69, 9.17) is 11.6 Å². The second kappa shape index (κ2) is 6.91. The van der Waals surface area contributed by atoms with Gasteiger partial charge in [0.25, 0.3) is 5.69 Å². The monoisotopic (exact) mass is 347 g/mol. The van der Waals surface area contributed by atoms with E-state index >= 15 is 0 Å². The number of nitro benzene ring substituents is 1. The van der Waals surface area contributed by atoms with Crippen LogP contribution < -0.4 is 4.72 Å². The zero-order valence-electron chi connectivity index (χ0n) is 12.2. The molecule has 1 aromatic carbocycles. The first-order valence-corrected chi connectivity index (χ1v) is 8.88. The summed E-state index contributed by atoms with van der Waals surface area (Å²) in [5, 5.41) is 11.2. The molecule has 1 unspecified atom stereocenters. The van der Waals surface area contributed by atoms with Crippen molar-refractivity contribution in [3.8, 4) is 0 Å². The zero-order chi connectivity index (χ0) is 16.3. The van der Waals surface area contributed by atoms with E-state index in [0.717, 1.165) is 32.0 Å². The number of halogens is 1. The first-order chi connectivity index (χ1) is 10.3. The maximum atomic E-state index is 12.5. The van der Waals surface area contributed by atoms with E-state index in [1.165, 1.54) is 12.1 Å². The van der Waals surface area contributed by atoms with Gasteiger partial charge in [-0.1, -0.05) is 18.5 Å². The Kier molecular flexibility index (Phi) is 5.38. The summed E-state index contributed by atoms with van der Waals surface area (Å²) in [4.78, 5) is 12.1. The number of hydrogen-bond donors (Lipinski definition) is 1. The van der Waals surface area contributed by atoms with Gasteiger partial charge in [0.1, 0.15) is 0 Å². The second-order valence-corrected chi connectivity index (χ2v) is 7.34. The molecule has 0 spiro atoms. The molecule has 1 saturated heterocycles. The highest BCUT2D eigenvalue weighted by atomic mass is 35.5. The Hall–Kier alpha value is -1.22. The molecular formula is C13H18ClN3O4S. The molecule has 2 rings (SSSR count). The summed E-state index contributed by atoms with van der Waals surface area (Å²) in [7, 11) is -3.96. The lowest BCUT2D eigenvalue weighted by Crippen LogP contribution is -2.47. The Morgan fingerprint density at radius 1 is 1.50 bits per heavy atom. The van der Waals surface area contributed by atoms with Gasteiger partial charge in [-0.15, -0.1) is 0 Å². The number of likely N-dealkylation sites (tertiary alicyclic amines) is 1. The Bertz CT molecular complexity index is 665. The van der Waals surface area contributed by atoms with E-state index < -0.39 is 20.6 Å². The first kappa shape index (κ1) is 17.1. The third kappa shape index (κ3) is 3.95. The molecule has 1 heterocycles. The minimum absolute atomic E-state index is 0.125. The summed E-state index contributed by atoms with van der Waals surface area (Å²) >= 11 is 5.71. The Labute approximate surface area is 134 Å². The number of sulfonamides is 1. The highest BCUT2D eigenvalue weighted by Gasteiger charge is 2.30. The molecular weight excluding hydrogens is 330 g/mol. The Morgan fingerprint density at radius 3 is 2.86 bits per heavy atom. The van der Waals surface area contributed by atoms with Crippen molar-refractivity contribution in [2.75, 3.05) is 19.6 Å². The van der Waals surface area contributed by atoms with E-state index in [9.17, 15) is 18.5 Å². The number of nitrogens with zero attached hydrogens (tertiary/aromatic N) is 2. The average molecular weight is 348 g/mol. The van der Waals surface area contributed by atoms with Gasteiger partial charge in [0.05, 0.1) is 4.92 Å². The van der Waals surface area contributed by atoms with Crippen molar-refractivity contribution in [3.05, 3.63) is 33.3 Å². The summed E-state index contributed by atoms with van der Waals surface area (Å²) in [6.45, 7) is 4.41. The van der Waals surface area contributed by atoms with Crippen molar-refractivity contribution in [1.29, 1.82) is 0 Å². The summed E-state index contributed by atoms with van der Waals surface area (Å²) < 4.78 is 27.5. The number of hydrogen-bond acceptors (Lipinski definition) is 5. The number of benzene rings is 1. The lowest BCUT2D eigenvalue weighted by molar-refractivity contribution is -0.387. The molecule has 0 radical (unpaired) electrons. The van der Waals surface area contributed by atoms with Gasteiger partial charge < -0.3 is 4.90 Å². The lowest BCUT2D eigenvalue weighted by Gasteiger charge is -2.31. The topological polar surface area (TPSA) is 92.6 Å². The zero-order valence-corrected chi connectivity index (χ0v) is 13.7. The van der Waals surface area contributed by atoms with Crippen LogP contribution in [0.1, 0.15) is 19.8 Å². The van der Waals surface area contributed by atoms with Crippen molar-refractivity contribution in [3.63, 3.8) is 0 Å². The number of nitrogens with one attached hydrogen (secondary N) is 1. The van der Waals surface area contributed by atoms with Gasteiger partial charge >= 0.3 is 0 Å². The summed E-state index contributed by atoms with van der Waals surface area (Å²) in [5.41, 5.74) is -0.511. The van der Waals surface area contributed by atoms with Crippen molar-refractivity contribution >= 4 is 27.3 Å². The fraction of sp³-hybridized carbons (Fsp3) is 0.538. The van der Waals surface area contributed by atoms with Crippen LogP contribution in [0.15, 0.2) is 23.1 Å². The Morgan fingerprint density at radius 2 is 2.23 bits per heavy atom. The molecule has 1 aliphatic heterocycles. The molecule has 1 aromatic rings. The van der Waals surface area contributed by atoms with Crippen LogP contribution in [-0.4, -0.2) is 43.9 Å². The fourth-order valence-electron chi connectivity index (χ4n) is 2.58. The molecule has 0 aromatic heterocycles. The van der Waals surface area contributed by atoms with Crippen molar-refractivity contribution < 1.29 is 13.3 Å². The number of nitro groups is 1. The van der Waals surface area contributed by atoms with Crippen LogP contribution in [0.25, 0.3) is 0 Å². The van der Waals surface area contributed by atoms with Gasteiger partial charge in [-0.3, -0.25) is 10.1 Å². The SMILES string of the molecule is CCN1CCCC(NS(=O)(=O)c2ccc(Cl)cc2[N+](=O)[O-])C1. The molecule has 22 heavy (non-hydrogen) atoms. The van der Waals surface area contributed by atoms with Crippen molar-refractivity contribution in [1.82, 2.24) is 9.62 Å². The van der Waals surface area contributed by atoms with Crippen LogP contribution in [0, 0.1) is 10.1 Å². The summed E-state index contributed by atoms with van der Waals surface area (Å²) in [6, 6.07) is 3.31. The maximum Gasteiger partial charge on any atom is 0.290 e. The minimum atomic E-state index is -3.96. The van der Waals surface area contributed by atoms with Crippen LogP contribution in [-0.2, 0) is 10.0 Å². The van der Waals surface area contributed by atoms with E-state index in [1.807, 2.05) is 6.92 Å². The lowest BCUT2D eigenvalue weighted by atomic mass is 10.1. The van der Waals surface area contributed by atoms with E-state index in [2.05, 4.69) is 9.62 Å². The highest BCUT2D eigenvalue weighted by Crippen LogP contribution is 2.27. The standard InChI is InChI=1S/C13H18ClN3O4S/c1-2-16-7-3-4-11(9-16)15-22(20,21)13-6-5-10(14)8-12(13)17(18)19/h5-6,8,11,15H,2-4,7,9H2,1H3. The molecule has 1 aliphatic rings. The normalized spacial score (nSPS) is 20.0. The molecule has 122 valence electrons. The van der Waals surface area contributed by atoms with Crippen LogP contribution in [0.2, 0.25) is 5.02 Å². The molecule has 9 heteroatoms. The van der Waals surface area contributed by atoms with Gasteiger partial charge in [0.15, 0.2) is 4.90 Å². The summed E-state index contributed by atoms with van der Waals surface area (Å²) in [6.07, 6.45) is 1.61. The third-order valence-electron chi connectivity index (χ3n) is 3.68. The quantitative estimate of drug-likeness (QED) is 0.649. The predicted octanol–water partition coefficient (Wildman–Crippen LogP) is 2.01. The van der Waals surface area contributed by atoms with E-state index in [-0.39, 0.29) is 16.0 Å². The molecule has 0 saturated carbocycles. The van der Waals surface area contributed by atoms with Crippen LogP contribution in [0.4, 0.5) is 5.69 Å². The maximum absolute atomic E-state index is 12.5.